The van der Waals surface area contributed by atoms with Crippen molar-refractivity contribution in [2.45, 2.75) is 39.3 Å². The molecule has 0 bridgehead atoms. The molecule has 0 fully saturated rings. The van der Waals surface area contributed by atoms with Crippen LogP contribution in [0.3, 0.4) is 0 Å². The standard InChI is InChI=1S/C22H21FN4O3S/c1-22(2,3)30-21(28)24-12-17-27-26-16(29-17)11-18-25-15-10-9-14(19(23)20(15)31-18)13-7-5-4-6-8-13/h4-10H,11-12H2,1-3H3,(H,24,28). The lowest BCUT2D eigenvalue weighted by atomic mass is 10.1. The quantitative estimate of drug-likeness (QED) is 0.464. The van der Waals surface area contributed by atoms with Crippen LogP contribution in [0.1, 0.15) is 37.6 Å². The van der Waals surface area contributed by atoms with Crippen LogP contribution in [0.15, 0.2) is 46.9 Å². The van der Waals surface area contributed by atoms with Gasteiger partial charge in [-0.15, -0.1) is 21.5 Å². The molecule has 1 amide bonds. The second kappa shape index (κ2) is 8.43. The SMILES string of the molecule is CC(C)(C)OC(=O)NCc1nnc(Cc2nc3ccc(-c4ccccc4)c(F)c3s2)o1. The molecule has 2 heterocycles. The molecule has 0 aliphatic carbocycles. The van der Waals surface area contributed by atoms with Crippen LogP contribution in [-0.4, -0.2) is 26.9 Å². The molecule has 1 N–H and O–H groups in total. The maximum Gasteiger partial charge on any atom is 0.408 e. The molecule has 7 nitrogen and oxygen atoms in total. The van der Waals surface area contributed by atoms with Gasteiger partial charge in [-0.25, -0.2) is 14.2 Å². The van der Waals surface area contributed by atoms with E-state index in [1.807, 2.05) is 36.4 Å². The van der Waals surface area contributed by atoms with Gasteiger partial charge in [0.05, 0.1) is 23.2 Å². The van der Waals surface area contributed by atoms with Gasteiger partial charge in [0.25, 0.3) is 0 Å². The number of amides is 1. The molecule has 0 aliphatic heterocycles. The number of aromatic nitrogens is 3. The van der Waals surface area contributed by atoms with Crippen LogP contribution >= 0.6 is 11.3 Å². The third-order valence-electron chi connectivity index (χ3n) is 4.22. The van der Waals surface area contributed by atoms with E-state index >= 15 is 4.39 Å². The Morgan fingerprint density at radius 2 is 1.87 bits per heavy atom. The molecule has 160 valence electrons. The van der Waals surface area contributed by atoms with Crippen LogP contribution in [0, 0.1) is 5.82 Å². The first kappa shape index (κ1) is 20.9. The highest BCUT2D eigenvalue weighted by Crippen LogP contribution is 2.33. The number of halogens is 1. The Labute approximate surface area is 182 Å². The lowest BCUT2D eigenvalue weighted by Gasteiger charge is -2.19. The number of thiazole rings is 1. The molecule has 0 atom stereocenters. The summed E-state index contributed by atoms with van der Waals surface area (Å²) in [7, 11) is 0. The molecule has 0 unspecified atom stereocenters. The van der Waals surface area contributed by atoms with Crippen LogP contribution in [0.2, 0.25) is 0 Å². The zero-order valence-electron chi connectivity index (χ0n) is 17.3. The first-order chi connectivity index (χ1) is 14.8. The normalized spacial score (nSPS) is 11.6. The van der Waals surface area contributed by atoms with Gasteiger partial charge >= 0.3 is 6.09 Å². The zero-order valence-corrected chi connectivity index (χ0v) is 18.1. The maximum absolute atomic E-state index is 15.1. The monoisotopic (exact) mass is 440 g/mol. The first-order valence-corrected chi connectivity index (χ1v) is 10.5. The Bertz CT molecular complexity index is 1210. The summed E-state index contributed by atoms with van der Waals surface area (Å²) >= 11 is 1.26. The van der Waals surface area contributed by atoms with Crippen LogP contribution in [0.4, 0.5) is 9.18 Å². The Kier molecular flexibility index (Phi) is 5.69. The second-order valence-corrected chi connectivity index (χ2v) is 8.95. The van der Waals surface area contributed by atoms with E-state index in [0.29, 0.717) is 26.7 Å². The Morgan fingerprint density at radius 3 is 2.61 bits per heavy atom. The molecule has 0 radical (unpaired) electrons. The van der Waals surface area contributed by atoms with Gasteiger partial charge in [-0.1, -0.05) is 30.3 Å². The number of hydrogen-bond donors (Lipinski definition) is 1. The van der Waals surface area contributed by atoms with Gasteiger partial charge in [-0.2, -0.15) is 0 Å². The summed E-state index contributed by atoms with van der Waals surface area (Å²) in [5.74, 6) is 0.295. The number of rotatable bonds is 5. The zero-order chi connectivity index (χ0) is 22.0. The van der Waals surface area contributed by atoms with Crippen molar-refractivity contribution < 1.29 is 18.3 Å². The van der Waals surface area contributed by atoms with E-state index < -0.39 is 11.7 Å². The molecular weight excluding hydrogens is 419 g/mol. The number of carbonyl (C=O) groups is 1. The van der Waals surface area contributed by atoms with Crippen molar-refractivity contribution in [1.82, 2.24) is 20.5 Å². The number of hydrogen-bond acceptors (Lipinski definition) is 7. The summed E-state index contributed by atoms with van der Waals surface area (Å²) in [6, 6.07) is 12.9. The van der Waals surface area contributed by atoms with Crippen molar-refractivity contribution >= 4 is 27.6 Å². The summed E-state index contributed by atoms with van der Waals surface area (Å²) in [5, 5.41) is 11.1. The molecule has 0 saturated heterocycles. The predicted octanol–water partition coefficient (Wildman–Crippen LogP) is 5.10. The van der Waals surface area contributed by atoms with Crippen molar-refractivity contribution in [3.8, 4) is 11.1 Å². The minimum atomic E-state index is -0.591. The van der Waals surface area contributed by atoms with E-state index in [1.54, 1.807) is 26.8 Å². The highest BCUT2D eigenvalue weighted by Gasteiger charge is 2.18. The minimum absolute atomic E-state index is 0.0524. The van der Waals surface area contributed by atoms with Crippen molar-refractivity contribution in [1.29, 1.82) is 0 Å². The molecule has 0 aliphatic rings. The summed E-state index contributed by atoms with van der Waals surface area (Å²) in [5.41, 5.74) is 1.35. The molecule has 2 aromatic heterocycles. The van der Waals surface area contributed by atoms with Gasteiger partial charge in [0.1, 0.15) is 16.4 Å². The second-order valence-electron chi connectivity index (χ2n) is 7.87. The largest absolute Gasteiger partial charge is 0.444 e. The maximum atomic E-state index is 15.1. The highest BCUT2D eigenvalue weighted by atomic mass is 32.1. The van der Waals surface area contributed by atoms with E-state index in [0.717, 1.165) is 5.56 Å². The lowest BCUT2D eigenvalue weighted by molar-refractivity contribution is 0.0518. The predicted molar refractivity (Wildman–Crippen MR) is 115 cm³/mol. The highest BCUT2D eigenvalue weighted by molar-refractivity contribution is 7.18. The van der Waals surface area contributed by atoms with Gasteiger partial charge in [0.15, 0.2) is 0 Å². The van der Waals surface area contributed by atoms with Crippen molar-refractivity contribution in [2.75, 3.05) is 0 Å². The first-order valence-electron chi connectivity index (χ1n) is 9.70. The molecular formula is C22H21FN4O3S. The number of ether oxygens (including phenoxy) is 1. The molecule has 2 aromatic carbocycles. The Balaban J connectivity index is 1.46. The van der Waals surface area contributed by atoms with Gasteiger partial charge in [-0.05, 0) is 38.5 Å². The Morgan fingerprint density at radius 1 is 1.13 bits per heavy atom. The van der Waals surface area contributed by atoms with E-state index in [-0.39, 0.29) is 24.7 Å². The fourth-order valence-electron chi connectivity index (χ4n) is 2.94. The molecule has 4 rings (SSSR count). The van der Waals surface area contributed by atoms with E-state index in [1.165, 1.54) is 11.3 Å². The third kappa shape index (κ3) is 5.05. The summed E-state index contributed by atoms with van der Waals surface area (Å²) in [4.78, 5) is 16.2. The lowest BCUT2D eigenvalue weighted by Crippen LogP contribution is -2.32. The summed E-state index contributed by atoms with van der Waals surface area (Å²) < 4.78 is 26.3. The summed E-state index contributed by atoms with van der Waals surface area (Å²) in [6.45, 7) is 5.39. The van der Waals surface area contributed by atoms with Crippen molar-refractivity contribution in [3.05, 3.63) is 65.1 Å². The molecule has 4 aromatic rings. The molecule has 9 heteroatoms. The van der Waals surface area contributed by atoms with Gasteiger partial charge in [0.2, 0.25) is 11.8 Å². The number of carbonyl (C=O) groups excluding carboxylic acids is 1. The van der Waals surface area contributed by atoms with E-state index in [2.05, 4.69) is 20.5 Å². The molecule has 31 heavy (non-hydrogen) atoms. The third-order valence-corrected chi connectivity index (χ3v) is 5.28. The molecule has 0 spiro atoms. The number of nitrogens with one attached hydrogen (secondary N) is 1. The average molecular weight is 441 g/mol. The average Bonchev–Trinajstić information content (AvgIpc) is 3.33. The smallest absolute Gasteiger partial charge is 0.408 e. The molecule has 0 saturated carbocycles. The van der Waals surface area contributed by atoms with Crippen LogP contribution in [-0.2, 0) is 17.7 Å². The fourth-order valence-corrected chi connectivity index (χ4v) is 3.94. The van der Waals surface area contributed by atoms with Crippen LogP contribution in [0.5, 0.6) is 0 Å². The summed E-state index contributed by atoms with van der Waals surface area (Å²) in [6.07, 6.45) is -0.290. The number of nitrogens with zero attached hydrogens (tertiary/aromatic N) is 3. The van der Waals surface area contributed by atoms with E-state index in [4.69, 9.17) is 9.15 Å². The number of benzene rings is 2. The van der Waals surface area contributed by atoms with Crippen molar-refractivity contribution in [3.63, 3.8) is 0 Å². The van der Waals surface area contributed by atoms with Gasteiger partial charge < -0.3 is 14.5 Å². The topological polar surface area (TPSA) is 90.1 Å². The fraction of sp³-hybridized carbons (Fsp3) is 0.273. The Hall–Kier alpha value is -3.33. The van der Waals surface area contributed by atoms with E-state index in [9.17, 15) is 4.79 Å². The minimum Gasteiger partial charge on any atom is -0.444 e. The van der Waals surface area contributed by atoms with Gasteiger partial charge in [-0.3, -0.25) is 0 Å². The van der Waals surface area contributed by atoms with Crippen molar-refractivity contribution in [2.24, 2.45) is 0 Å². The van der Waals surface area contributed by atoms with Crippen LogP contribution < -0.4 is 5.32 Å². The number of alkyl carbamates (subject to hydrolysis) is 1. The number of fused-ring (bicyclic) bond motifs is 1. The van der Waals surface area contributed by atoms with Crippen LogP contribution in [0.25, 0.3) is 21.3 Å². The van der Waals surface area contributed by atoms with Gasteiger partial charge in [0, 0.05) is 5.56 Å².